The molecule has 2 N–H and O–H groups in total. The van der Waals surface area contributed by atoms with Crippen molar-refractivity contribution in [3.05, 3.63) is 76.1 Å². The minimum absolute atomic E-state index is 0.0327. The third-order valence-electron chi connectivity index (χ3n) is 4.22. The molecule has 0 radical (unpaired) electrons. The minimum atomic E-state index is -0.544. The molecule has 0 aliphatic carbocycles. The molecule has 0 atom stereocenters. The number of nitro groups is 1. The molecule has 0 saturated carbocycles. The molecule has 0 saturated heterocycles. The lowest BCUT2D eigenvalue weighted by molar-refractivity contribution is -0.383. The van der Waals surface area contributed by atoms with Crippen molar-refractivity contribution in [2.45, 2.75) is 20.8 Å². The van der Waals surface area contributed by atoms with E-state index in [0.29, 0.717) is 23.5 Å². The number of hydrogen-bond acceptors (Lipinski definition) is 8. The van der Waals surface area contributed by atoms with Crippen LogP contribution in [0.15, 0.2) is 54.9 Å². The maximum absolute atomic E-state index is 12.0. The second-order valence-electron chi connectivity index (χ2n) is 7.37. The van der Waals surface area contributed by atoms with E-state index in [1.807, 2.05) is 39.0 Å². The fourth-order valence-electron chi connectivity index (χ4n) is 2.75. The van der Waals surface area contributed by atoms with Crippen LogP contribution in [0.2, 0.25) is 0 Å². The van der Waals surface area contributed by atoms with Crippen LogP contribution < -0.4 is 10.6 Å². The first-order valence-electron chi connectivity index (χ1n) is 9.70. The molecule has 1 aromatic heterocycles. The number of aromatic nitrogens is 2. The molecule has 1 heterocycles. The summed E-state index contributed by atoms with van der Waals surface area (Å²) in [5.74, 6) is -0.0732. The van der Waals surface area contributed by atoms with E-state index in [1.54, 1.807) is 30.3 Å². The monoisotopic (exact) mass is 421 g/mol. The summed E-state index contributed by atoms with van der Waals surface area (Å²) >= 11 is 0. The van der Waals surface area contributed by atoms with Gasteiger partial charge in [0.25, 0.3) is 0 Å². The standard InChI is InChI=1S/C22H23N5O4/c1-14(2)12-31-22(28)16-7-9-17(10-8-16)25-20-19(27(29)30)21(24-13-23-20)26-18-6-4-5-15(3)11-18/h4-11,13-14H,12H2,1-3H3,(H2,23,24,25,26). The van der Waals surface area contributed by atoms with Crippen LogP contribution in [0.4, 0.5) is 28.7 Å². The number of nitrogens with one attached hydrogen (secondary N) is 2. The van der Waals surface area contributed by atoms with E-state index in [9.17, 15) is 14.9 Å². The van der Waals surface area contributed by atoms with Gasteiger partial charge in [-0.3, -0.25) is 10.1 Å². The van der Waals surface area contributed by atoms with Crippen molar-refractivity contribution < 1.29 is 14.5 Å². The van der Waals surface area contributed by atoms with Gasteiger partial charge in [0.05, 0.1) is 17.1 Å². The SMILES string of the molecule is Cc1cccc(Nc2ncnc(Nc3ccc(C(=O)OCC(C)C)cc3)c2[N+](=O)[O-])c1. The molecule has 0 bridgehead atoms. The fraction of sp³-hybridized carbons (Fsp3) is 0.227. The summed E-state index contributed by atoms with van der Waals surface area (Å²) in [6.07, 6.45) is 1.24. The number of hydrogen-bond donors (Lipinski definition) is 2. The summed E-state index contributed by atoms with van der Waals surface area (Å²) in [5, 5.41) is 17.6. The number of aryl methyl sites for hydroxylation is 1. The van der Waals surface area contributed by atoms with Gasteiger partial charge < -0.3 is 15.4 Å². The Morgan fingerprint density at radius 3 is 2.29 bits per heavy atom. The number of ether oxygens (including phenoxy) is 1. The molecule has 0 amide bonds. The molecular weight excluding hydrogens is 398 g/mol. The summed E-state index contributed by atoms with van der Waals surface area (Å²) in [4.78, 5) is 31.3. The van der Waals surface area contributed by atoms with Gasteiger partial charge in [0, 0.05) is 11.4 Å². The van der Waals surface area contributed by atoms with Crippen LogP contribution in [0.3, 0.4) is 0 Å². The Kier molecular flexibility index (Phi) is 6.76. The van der Waals surface area contributed by atoms with Crippen LogP contribution in [-0.4, -0.2) is 27.5 Å². The molecule has 0 unspecified atom stereocenters. The molecule has 9 nitrogen and oxygen atoms in total. The highest BCUT2D eigenvalue weighted by atomic mass is 16.6. The minimum Gasteiger partial charge on any atom is -0.462 e. The van der Waals surface area contributed by atoms with Gasteiger partial charge in [-0.1, -0.05) is 26.0 Å². The van der Waals surface area contributed by atoms with E-state index in [-0.39, 0.29) is 23.2 Å². The third kappa shape index (κ3) is 5.75. The van der Waals surface area contributed by atoms with Crippen molar-refractivity contribution >= 4 is 34.7 Å². The van der Waals surface area contributed by atoms with Crippen LogP contribution in [-0.2, 0) is 4.74 Å². The predicted octanol–water partition coefficient (Wildman–Crippen LogP) is 4.99. The molecule has 160 valence electrons. The van der Waals surface area contributed by atoms with Gasteiger partial charge >= 0.3 is 11.7 Å². The Morgan fingerprint density at radius 2 is 1.71 bits per heavy atom. The van der Waals surface area contributed by atoms with Crippen molar-refractivity contribution in [1.29, 1.82) is 0 Å². The van der Waals surface area contributed by atoms with E-state index in [2.05, 4.69) is 20.6 Å². The summed E-state index contributed by atoms with van der Waals surface area (Å²) in [5.41, 5.74) is 2.32. The van der Waals surface area contributed by atoms with E-state index < -0.39 is 10.9 Å². The van der Waals surface area contributed by atoms with Crippen molar-refractivity contribution in [2.24, 2.45) is 5.92 Å². The average Bonchev–Trinajstić information content (AvgIpc) is 2.72. The van der Waals surface area contributed by atoms with Crippen LogP contribution in [0.5, 0.6) is 0 Å². The first-order valence-corrected chi connectivity index (χ1v) is 9.70. The number of rotatable bonds is 8. The van der Waals surface area contributed by atoms with E-state index >= 15 is 0 Å². The van der Waals surface area contributed by atoms with Crippen LogP contribution in [0.25, 0.3) is 0 Å². The molecule has 0 fully saturated rings. The summed E-state index contributed by atoms with van der Waals surface area (Å²) < 4.78 is 5.20. The summed E-state index contributed by atoms with van der Waals surface area (Å²) in [6.45, 7) is 6.17. The van der Waals surface area contributed by atoms with E-state index in [4.69, 9.17) is 4.74 Å². The van der Waals surface area contributed by atoms with Crippen molar-refractivity contribution in [1.82, 2.24) is 9.97 Å². The molecule has 0 aliphatic rings. The average molecular weight is 421 g/mol. The maximum Gasteiger partial charge on any atom is 0.353 e. The number of anilines is 4. The van der Waals surface area contributed by atoms with E-state index in [1.165, 1.54) is 6.33 Å². The highest BCUT2D eigenvalue weighted by Crippen LogP contribution is 2.33. The lowest BCUT2D eigenvalue weighted by Crippen LogP contribution is -2.10. The maximum atomic E-state index is 12.0. The second kappa shape index (κ2) is 9.66. The normalized spacial score (nSPS) is 10.6. The Balaban J connectivity index is 1.81. The van der Waals surface area contributed by atoms with Gasteiger partial charge in [-0.25, -0.2) is 14.8 Å². The highest BCUT2D eigenvalue weighted by molar-refractivity contribution is 5.90. The number of nitrogens with zero attached hydrogens (tertiary/aromatic N) is 3. The third-order valence-corrected chi connectivity index (χ3v) is 4.22. The Labute approximate surface area is 179 Å². The number of carbonyl (C=O) groups excluding carboxylic acids is 1. The lowest BCUT2D eigenvalue weighted by atomic mass is 10.2. The van der Waals surface area contributed by atoms with Crippen LogP contribution in [0.1, 0.15) is 29.8 Å². The summed E-state index contributed by atoms with van der Waals surface area (Å²) in [6, 6.07) is 13.9. The molecular formula is C22H23N5O4. The Bertz CT molecular complexity index is 1080. The zero-order valence-corrected chi connectivity index (χ0v) is 17.5. The van der Waals surface area contributed by atoms with Gasteiger partial charge in [0.2, 0.25) is 11.6 Å². The van der Waals surface area contributed by atoms with Crippen LogP contribution >= 0.6 is 0 Å². The van der Waals surface area contributed by atoms with Gasteiger partial charge in [-0.05, 0) is 54.8 Å². The van der Waals surface area contributed by atoms with Gasteiger partial charge in [0.1, 0.15) is 6.33 Å². The molecule has 0 aliphatic heterocycles. The van der Waals surface area contributed by atoms with E-state index in [0.717, 1.165) is 5.56 Å². The molecule has 0 spiro atoms. The highest BCUT2D eigenvalue weighted by Gasteiger charge is 2.23. The molecule has 2 aromatic carbocycles. The van der Waals surface area contributed by atoms with Gasteiger partial charge in [-0.2, -0.15) is 0 Å². The zero-order valence-electron chi connectivity index (χ0n) is 17.5. The first-order chi connectivity index (χ1) is 14.8. The van der Waals surface area contributed by atoms with Crippen LogP contribution in [0, 0.1) is 23.0 Å². The van der Waals surface area contributed by atoms with Crippen molar-refractivity contribution in [3.63, 3.8) is 0 Å². The number of benzene rings is 2. The molecule has 9 heteroatoms. The quantitative estimate of drug-likeness (QED) is 0.296. The topological polar surface area (TPSA) is 119 Å². The largest absolute Gasteiger partial charge is 0.462 e. The second-order valence-corrected chi connectivity index (χ2v) is 7.37. The smallest absolute Gasteiger partial charge is 0.353 e. The number of carbonyl (C=O) groups is 1. The fourth-order valence-corrected chi connectivity index (χ4v) is 2.75. The van der Waals surface area contributed by atoms with Gasteiger partial charge in [-0.15, -0.1) is 0 Å². The molecule has 31 heavy (non-hydrogen) atoms. The zero-order chi connectivity index (χ0) is 22.4. The molecule has 3 aromatic rings. The predicted molar refractivity (Wildman–Crippen MR) is 118 cm³/mol. The number of esters is 1. The Morgan fingerprint density at radius 1 is 1.06 bits per heavy atom. The van der Waals surface area contributed by atoms with Crippen molar-refractivity contribution in [2.75, 3.05) is 17.2 Å². The van der Waals surface area contributed by atoms with Gasteiger partial charge in [0.15, 0.2) is 0 Å². The summed E-state index contributed by atoms with van der Waals surface area (Å²) in [7, 11) is 0. The van der Waals surface area contributed by atoms with Crippen molar-refractivity contribution in [3.8, 4) is 0 Å². The Hall–Kier alpha value is -4.01. The lowest BCUT2D eigenvalue weighted by Gasteiger charge is -2.11. The first kappa shape index (κ1) is 21.7. The molecule has 3 rings (SSSR count).